The Morgan fingerprint density at radius 1 is 1.44 bits per heavy atom. The molecule has 0 bridgehead atoms. The van der Waals surface area contributed by atoms with Crippen molar-refractivity contribution in [1.29, 1.82) is 0 Å². The van der Waals surface area contributed by atoms with Gasteiger partial charge in [-0.1, -0.05) is 28.9 Å². The second-order valence-corrected chi connectivity index (χ2v) is 6.06. The summed E-state index contributed by atoms with van der Waals surface area (Å²) in [5, 5.41) is 3.42. The van der Waals surface area contributed by atoms with E-state index in [1.54, 1.807) is 0 Å². The van der Waals surface area contributed by atoms with E-state index in [4.69, 9.17) is 4.74 Å². The third-order valence-electron chi connectivity index (χ3n) is 2.70. The lowest BCUT2D eigenvalue weighted by molar-refractivity contribution is 0.312. The molecule has 0 radical (unpaired) electrons. The molecule has 102 valence electrons. The van der Waals surface area contributed by atoms with E-state index in [0.29, 0.717) is 6.04 Å². The van der Waals surface area contributed by atoms with Crippen LogP contribution in [0.25, 0.3) is 0 Å². The van der Waals surface area contributed by atoms with Gasteiger partial charge < -0.3 is 10.1 Å². The van der Waals surface area contributed by atoms with E-state index in [1.807, 2.05) is 11.8 Å². The van der Waals surface area contributed by atoms with Crippen molar-refractivity contribution in [3.8, 4) is 5.75 Å². The minimum Gasteiger partial charge on any atom is -0.493 e. The molecule has 0 heterocycles. The summed E-state index contributed by atoms with van der Waals surface area (Å²) < 4.78 is 6.97. The van der Waals surface area contributed by atoms with Crippen LogP contribution in [0.5, 0.6) is 5.75 Å². The summed E-state index contributed by atoms with van der Waals surface area (Å²) in [6, 6.07) is 6.57. The number of hydrogen-bond donors (Lipinski definition) is 1. The number of ether oxygens (including phenoxy) is 1. The lowest BCUT2D eigenvalue weighted by Crippen LogP contribution is -2.18. The average Bonchev–Trinajstić information content (AvgIpc) is 2.35. The minimum atomic E-state index is 0.318. The highest BCUT2D eigenvalue weighted by Gasteiger charge is 2.11. The molecule has 0 fully saturated rings. The van der Waals surface area contributed by atoms with Crippen molar-refractivity contribution < 1.29 is 4.74 Å². The van der Waals surface area contributed by atoms with Crippen molar-refractivity contribution in [2.75, 3.05) is 25.2 Å². The summed E-state index contributed by atoms with van der Waals surface area (Å²) >= 11 is 5.36. The van der Waals surface area contributed by atoms with Gasteiger partial charge in [-0.15, -0.1) is 0 Å². The minimum absolute atomic E-state index is 0.318. The third kappa shape index (κ3) is 5.21. The van der Waals surface area contributed by atoms with Crippen molar-refractivity contribution >= 4 is 27.7 Å². The first-order valence-corrected chi connectivity index (χ1v) is 8.52. The summed E-state index contributed by atoms with van der Waals surface area (Å²) in [6.45, 7) is 6.03. The lowest BCUT2D eigenvalue weighted by Gasteiger charge is -2.18. The van der Waals surface area contributed by atoms with E-state index < -0.39 is 0 Å². The number of thioether (sulfide) groups is 1. The van der Waals surface area contributed by atoms with Gasteiger partial charge in [-0.2, -0.15) is 11.8 Å². The summed E-state index contributed by atoms with van der Waals surface area (Å²) in [4.78, 5) is 0. The molecule has 1 atom stereocenters. The topological polar surface area (TPSA) is 21.3 Å². The number of rotatable bonds is 8. The van der Waals surface area contributed by atoms with Crippen LogP contribution >= 0.6 is 27.7 Å². The Labute approximate surface area is 123 Å². The molecule has 0 aliphatic carbocycles. The molecule has 4 heteroatoms. The Morgan fingerprint density at radius 2 is 2.22 bits per heavy atom. The largest absolute Gasteiger partial charge is 0.493 e. The summed E-state index contributed by atoms with van der Waals surface area (Å²) in [7, 11) is 0. The van der Waals surface area contributed by atoms with Gasteiger partial charge in [0.25, 0.3) is 0 Å². The Kier molecular flexibility index (Phi) is 7.79. The summed E-state index contributed by atoms with van der Waals surface area (Å²) in [6.07, 6.45) is 3.21. The maximum atomic E-state index is 5.90. The molecule has 1 N–H and O–H groups in total. The van der Waals surface area contributed by atoms with Gasteiger partial charge in [-0.25, -0.2) is 0 Å². The zero-order chi connectivity index (χ0) is 13.4. The molecule has 0 saturated heterocycles. The van der Waals surface area contributed by atoms with Crippen molar-refractivity contribution in [1.82, 2.24) is 5.32 Å². The smallest absolute Gasteiger partial charge is 0.125 e. The SMILES string of the molecule is CCNC(C)c1ccc(Br)cc1OCCCSC. The van der Waals surface area contributed by atoms with Gasteiger partial charge in [0, 0.05) is 16.1 Å². The van der Waals surface area contributed by atoms with E-state index in [0.717, 1.165) is 35.5 Å². The predicted molar refractivity (Wildman–Crippen MR) is 84.7 cm³/mol. The molecule has 0 saturated carbocycles. The molecule has 1 unspecified atom stereocenters. The van der Waals surface area contributed by atoms with Crippen LogP contribution < -0.4 is 10.1 Å². The molecular weight excluding hydrogens is 310 g/mol. The fraction of sp³-hybridized carbons (Fsp3) is 0.571. The van der Waals surface area contributed by atoms with Gasteiger partial charge in [0.05, 0.1) is 6.61 Å². The summed E-state index contributed by atoms with van der Waals surface area (Å²) in [5.74, 6) is 2.13. The highest BCUT2D eigenvalue weighted by molar-refractivity contribution is 9.10. The molecule has 2 nitrogen and oxygen atoms in total. The number of hydrogen-bond acceptors (Lipinski definition) is 3. The summed E-state index contributed by atoms with van der Waals surface area (Å²) in [5.41, 5.74) is 1.23. The Hall–Kier alpha value is -0.190. The van der Waals surface area contributed by atoms with E-state index in [1.165, 1.54) is 5.56 Å². The zero-order valence-corrected chi connectivity index (χ0v) is 13.7. The molecule has 1 aromatic carbocycles. The van der Waals surface area contributed by atoms with Gasteiger partial charge in [0.1, 0.15) is 5.75 Å². The molecule has 1 aromatic rings. The van der Waals surface area contributed by atoms with Crippen molar-refractivity contribution in [3.63, 3.8) is 0 Å². The maximum absolute atomic E-state index is 5.90. The van der Waals surface area contributed by atoms with E-state index in [9.17, 15) is 0 Å². The predicted octanol–water partition coefficient (Wildman–Crippen LogP) is 4.25. The second-order valence-electron chi connectivity index (χ2n) is 4.16. The van der Waals surface area contributed by atoms with E-state index in [2.05, 4.69) is 59.5 Å². The van der Waals surface area contributed by atoms with Crippen LogP contribution in [0.15, 0.2) is 22.7 Å². The van der Waals surface area contributed by atoms with Crippen LogP contribution in [0, 0.1) is 0 Å². The quantitative estimate of drug-likeness (QED) is 0.719. The van der Waals surface area contributed by atoms with E-state index >= 15 is 0 Å². The van der Waals surface area contributed by atoms with Crippen LogP contribution in [-0.2, 0) is 0 Å². The zero-order valence-electron chi connectivity index (χ0n) is 11.3. The Bertz CT molecular complexity index is 360. The number of nitrogens with one attached hydrogen (secondary N) is 1. The molecule has 1 rings (SSSR count). The fourth-order valence-electron chi connectivity index (χ4n) is 1.79. The highest BCUT2D eigenvalue weighted by Crippen LogP contribution is 2.28. The van der Waals surface area contributed by atoms with Crippen LogP contribution in [0.3, 0.4) is 0 Å². The molecular formula is C14H22BrNOS. The first-order valence-electron chi connectivity index (χ1n) is 6.33. The molecule has 0 spiro atoms. The van der Waals surface area contributed by atoms with Crippen LogP contribution in [-0.4, -0.2) is 25.2 Å². The second kappa shape index (κ2) is 8.83. The monoisotopic (exact) mass is 331 g/mol. The molecule has 18 heavy (non-hydrogen) atoms. The molecule has 0 aliphatic heterocycles. The molecule has 0 aromatic heterocycles. The van der Waals surface area contributed by atoms with Crippen molar-refractivity contribution in [2.45, 2.75) is 26.3 Å². The normalized spacial score (nSPS) is 12.4. The van der Waals surface area contributed by atoms with Gasteiger partial charge >= 0.3 is 0 Å². The Balaban J connectivity index is 2.70. The van der Waals surface area contributed by atoms with Gasteiger partial charge in [-0.05, 0) is 44.0 Å². The first kappa shape index (κ1) is 15.9. The van der Waals surface area contributed by atoms with Crippen LogP contribution in [0.1, 0.15) is 31.9 Å². The standard InChI is InChI=1S/C14H22BrNOS/c1-4-16-11(2)13-7-6-12(15)10-14(13)17-8-5-9-18-3/h6-7,10-11,16H,4-5,8-9H2,1-3H3. The number of benzene rings is 1. The van der Waals surface area contributed by atoms with Gasteiger partial charge in [0.15, 0.2) is 0 Å². The molecule has 0 amide bonds. The van der Waals surface area contributed by atoms with E-state index in [-0.39, 0.29) is 0 Å². The van der Waals surface area contributed by atoms with Gasteiger partial charge in [0.2, 0.25) is 0 Å². The van der Waals surface area contributed by atoms with Gasteiger partial charge in [-0.3, -0.25) is 0 Å². The maximum Gasteiger partial charge on any atom is 0.125 e. The molecule has 0 aliphatic rings. The van der Waals surface area contributed by atoms with Crippen molar-refractivity contribution in [3.05, 3.63) is 28.2 Å². The third-order valence-corrected chi connectivity index (χ3v) is 3.89. The highest BCUT2D eigenvalue weighted by atomic mass is 79.9. The van der Waals surface area contributed by atoms with Crippen molar-refractivity contribution in [2.24, 2.45) is 0 Å². The average molecular weight is 332 g/mol. The van der Waals surface area contributed by atoms with Crippen LogP contribution in [0.2, 0.25) is 0 Å². The number of halogens is 1. The fourth-order valence-corrected chi connectivity index (χ4v) is 2.54. The van der Waals surface area contributed by atoms with Crippen LogP contribution in [0.4, 0.5) is 0 Å². The Morgan fingerprint density at radius 3 is 2.89 bits per heavy atom. The first-order chi connectivity index (χ1) is 8.69. The lowest BCUT2D eigenvalue weighted by atomic mass is 10.1.